The quantitative estimate of drug-likeness (QED) is 0.882. The van der Waals surface area contributed by atoms with Gasteiger partial charge in [0.15, 0.2) is 0 Å². The first-order valence-electron chi connectivity index (χ1n) is 7.25. The summed E-state index contributed by atoms with van der Waals surface area (Å²) in [4.78, 5) is 4.82. The molecular weight excluding hydrogens is 250 g/mol. The van der Waals surface area contributed by atoms with Gasteiger partial charge in [0.1, 0.15) is 5.82 Å². The van der Waals surface area contributed by atoms with Crippen molar-refractivity contribution in [2.24, 2.45) is 11.7 Å². The fourth-order valence-electron chi connectivity index (χ4n) is 2.70. The summed E-state index contributed by atoms with van der Waals surface area (Å²) in [5.41, 5.74) is 9.08. The van der Waals surface area contributed by atoms with Gasteiger partial charge in [-0.25, -0.2) is 4.98 Å². The zero-order valence-corrected chi connectivity index (χ0v) is 12.9. The zero-order valence-electron chi connectivity index (χ0n) is 12.9. The van der Waals surface area contributed by atoms with Crippen LogP contribution in [-0.4, -0.2) is 23.3 Å². The molecule has 1 aromatic heterocycles. The molecule has 0 saturated heterocycles. The highest BCUT2D eigenvalue weighted by Gasteiger charge is 2.15. The van der Waals surface area contributed by atoms with Crippen molar-refractivity contribution in [3.63, 3.8) is 0 Å². The van der Waals surface area contributed by atoms with Gasteiger partial charge in [0, 0.05) is 32.7 Å². The molecule has 20 heavy (non-hydrogen) atoms. The predicted molar refractivity (Wildman–Crippen MR) is 82.8 cm³/mol. The lowest BCUT2D eigenvalue weighted by molar-refractivity contribution is 0.158. The van der Waals surface area contributed by atoms with E-state index >= 15 is 0 Å². The first kappa shape index (κ1) is 15.0. The van der Waals surface area contributed by atoms with E-state index in [-0.39, 0.29) is 0 Å². The van der Waals surface area contributed by atoms with Crippen LogP contribution in [0.5, 0.6) is 0 Å². The molecule has 4 heteroatoms. The Labute approximate surface area is 120 Å². The number of benzene rings is 1. The molecule has 1 atom stereocenters. The van der Waals surface area contributed by atoms with Crippen molar-refractivity contribution in [3.05, 3.63) is 29.6 Å². The molecular formula is C16H25N3O. The Kier molecular flexibility index (Phi) is 4.78. The van der Waals surface area contributed by atoms with Gasteiger partial charge < -0.3 is 15.0 Å². The molecule has 1 aromatic carbocycles. The molecule has 2 N–H and O–H groups in total. The monoisotopic (exact) mass is 275 g/mol. The van der Waals surface area contributed by atoms with Crippen molar-refractivity contribution in [1.82, 2.24) is 9.55 Å². The third kappa shape index (κ3) is 3.02. The van der Waals surface area contributed by atoms with Crippen LogP contribution in [0.4, 0.5) is 0 Å². The minimum absolute atomic E-state index is 0.397. The first-order valence-corrected chi connectivity index (χ1v) is 7.25. The molecule has 0 aliphatic rings. The Balaban J connectivity index is 2.44. The van der Waals surface area contributed by atoms with Crippen LogP contribution in [0.25, 0.3) is 11.0 Å². The maximum absolute atomic E-state index is 5.71. The molecule has 2 rings (SSSR count). The Hall–Kier alpha value is -1.39. The number of nitrogens with zero attached hydrogens (tertiary/aromatic N) is 2. The number of ether oxygens (including phenoxy) is 1. The van der Waals surface area contributed by atoms with Crippen LogP contribution in [-0.2, 0) is 17.7 Å². The maximum Gasteiger partial charge on any atom is 0.110 e. The molecule has 0 bridgehead atoms. The molecule has 0 fully saturated rings. The number of imidazole rings is 1. The summed E-state index contributed by atoms with van der Waals surface area (Å²) in [6.07, 6.45) is 0.929. The summed E-state index contributed by atoms with van der Waals surface area (Å²) in [6, 6.07) is 6.72. The van der Waals surface area contributed by atoms with Gasteiger partial charge in [0.2, 0.25) is 0 Å². The van der Waals surface area contributed by atoms with E-state index in [9.17, 15) is 0 Å². The molecule has 1 unspecified atom stereocenters. The predicted octanol–water partition coefficient (Wildman–Crippen LogP) is 2.90. The summed E-state index contributed by atoms with van der Waals surface area (Å²) in [5, 5.41) is 0. The highest BCUT2D eigenvalue weighted by Crippen LogP contribution is 2.24. The third-order valence-corrected chi connectivity index (χ3v) is 3.56. The second-order valence-corrected chi connectivity index (χ2v) is 5.78. The number of hydrogen-bond acceptors (Lipinski definition) is 3. The van der Waals surface area contributed by atoms with Crippen LogP contribution < -0.4 is 5.73 Å². The number of rotatable bonds is 6. The van der Waals surface area contributed by atoms with Gasteiger partial charge >= 0.3 is 0 Å². The van der Waals surface area contributed by atoms with Crippen LogP contribution in [0, 0.1) is 5.92 Å². The summed E-state index contributed by atoms with van der Waals surface area (Å²) in [6.45, 7) is 7.90. The highest BCUT2D eigenvalue weighted by atomic mass is 16.5. The summed E-state index contributed by atoms with van der Waals surface area (Å²) in [5.74, 6) is 1.59. The standard InChI is InChI=1S/C16H25N3O/c1-11(2)19-15-6-5-13(9-17)8-14(15)18-16(19)7-12(3)10-20-4/h5-6,8,11-12H,7,9-10,17H2,1-4H3. The molecule has 4 nitrogen and oxygen atoms in total. The van der Waals surface area contributed by atoms with E-state index in [1.54, 1.807) is 7.11 Å². The fraction of sp³-hybridized carbons (Fsp3) is 0.562. The smallest absolute Gasteiger partial charge is 0.110 e. The van der Waals surface area contributed by atoms with Crippen LogP contribution in [0.1, 0.15) is 38.2 Å². The third-order valence-electron chi connectivity index (χ3n) is 3.56. The Morgan fingerprint density at radius 2 is 2.05 bits per heavy atom. The number of nitrogens with two attached hydrogens (primary N) is 1. The molecule has 0 saturated carbocycles. The van der Waals surface area contributed by atoms with Gasteiger partial charge in [-0.3, -0.25) is 0 Å². The highest BCUT2D eigenvalue weighted by molar-refractivity contribution is 5.77. The van der Waals surface area contributed by atoms with Gasteiger partial charge in [0.25, 0.3) is 0 Å². The van der Waals surface area contributed by atoms with Crippen LogP contribution in [0.2, 0.25) is 0 Å². The molecule has 0 spiro atoms. The lowest BCUT2D eigenvalue weighted by Gasteiger charge is -2.15. The minimum Gasteiger partial charge on any atom is -0.384 e. The van der Waals surface area contributed by atoms with Gasteiger partial charge in [-0.2, -0.15) is 0 Å². The maximum atomic E-state index is 5.71. The van der Waals surface area contributed by atoms with Crippen molar-refractivity contribution < 1.29 is 4.74 Å². The summed E-state index contributed by atoms with van der Waals surface area (Å²) >= 11 is 0. The molecule has 2 aromatic rings. The van der Waals surface area contributed by atoms with Crippen molar-refractivity contribution in [2.45, 2.75) is 39.8 Å². The molecule has 1 heterocycles. The normalized spacial score (nSPS) is 13.3. The average Bonchev–Trinajstić information content (AvgIpc) is 2.75. The van der Waals surface area contributed by atoms with E-state index in [2.05, 4.69) is 43.5 Å². The second kappa shape index (κ2) is 6.37. The largest absolute Gasteiger partial charge is 0.384 e. The Morgan fingerprint density at radius 1 is 1.30 bits per heavy atom. The number of fused-ring (bicyclic) bond motifs is 1. The molecule has 0 aliphatic carbocycles. The first-order chi connectivity index (χ1) is 9.56. The lowest BCUT2D eigenvalue weighted by atomic mass is 10.1. The van der Waals surface area contributed by atoms with E-state index in [1.165, 1.54) is 5.52 Å². The SMILES string of the molecule is COCC(C)Cc1nc2cc(CN)ccc2n1C(C)C. The molecule has 0 amide bonds. The minimum atomic E-state index is 0.397. The Bertz CT molecular complexity index is 574. The molecule has 0 aliphatic heterocycles. The van der Waals surface area contributed by atoms with E-state index in [1.807, 2.05) is 0 Å². The van der Waals surface area contributed by atoms with Crippen LogP contribution >= 0.6 is 0 Å². The van der Waals surface area contributed by atoms with Gasteiger partial charge in [-0.05, 0) is 37.5 Å². The molecule has 110 valence electrons. The summed E-state index contributed by atoms with van der Waals surface area (Å²) < 4.78 is 7.55. The summed E-state index contributed by atoms with van der Waals surface area (Å²) in [7, 11) is 1.75. The van der Waals surface area contributed by atoms with E-state index in [0.717, 1.165) is 29.9 Å². The van der Waals surface area contributed by atoms with E-state index in [0.29, 0.717) is 18.5 Å². The van der Waals surface area contributed by atoms with E-state index in [4.69, 9.17) is 15.5 Å². The number of aromatic nitrogens is 2. The van der Waals surface area contributed by atoms with Gasteiger partial charge in [-0.1, -0.05) is 13.0 Å². The topological polar surface area (TPSA) is 53.1 Å². The van der Waals surface area contributed by atoms with Crippen LogP contribution in [0.15, 0.2) is 18.2 Å². The zero-order chi connectivity index (χ0) is 14.7. The van der Waals surface area contributed by atoms with Crippen molar-refractivity contribution in [3.8, 4) is 0 Å². The average molecular weight is 275 g/mol. The lowest BCUT2D eigenvalue weighted by Crippen LogP contribution is -2.13. The van der Waals surface area contributed by atoms with Crippen molar-refractivity contribution in [1.29, 1.82) is 0 Å². The molecule has 0 radical (unpaired) electrons. The van der Waals surface area contributed by atoms with Gasteiger partial charge in [-0.15, -0.1) is 0 Å². The van der Waals surface area contributed by atoms with Crippen molar-refractivity contribution in [2.75, 3.05) is 13.7 Å². The fourth-order valence-corrected chi connectivity index (χ4v) is 2.70. The van der Waals surface area contributed by atoms with E-state index < -0.39 is 0 Å². The van der Waals surface area contributed by atoms with Crippen molar-refractivity contribution >= 4 is 11.0 Å². The van der Waals surface area contributed by atoms with Crippen LogP contribution in [0.3, 0.4) is 0 Å². The number of hydrogen-bond donors (Lipinski definition) is 1. The Morgan fingerprint density at radius 3 is 2.65 bits per heavy atom. The number of methoxy groups -OCH3 is 1. The van der Waals surface area contributed by atoms with Gasteiger partial charge in [0.05, 0.1) is 11.0 Å². The second-order valence-electron chi connectivity index (χ2n) is 5.78.